The van der Waals surface area contributed by atoms with Gasteiger partial charge in [-0.1, -0.05) is 0 Å². The summed E-state index contributed by atoms with van der Waals surface area (Å²) in [6, 6.07) is 0. The molecule has 1 nitrogen and oxygen atoms in total. The molecule has 0 amide bonds. The molecule has 0 fully saturated rings. The first kappa shape index (κ1) is 10.2. The molecule has 5 heteroatoms. The topological polar surface area (TPSA) is 20.2 Å². The molecule has 13 heavy (non-hydrogen) atoms. The third-order valence-corrected chi connectivity index (χ3v) is 1.97. The Morgan fingerprint density at radius 3 is 2.46 bits per heavy atom. The molecule has 0 bridgehead atoms. The number of aliphatic hydroxyl groups is 1. The van der Waals surface area contributed by atoms with Crippen molar-refractivity contribution < 1.29 is 22.7 Å². The lowest BCUT2D eigenvalue weighted by Gasteiger charge is -2.29. The molecule has 1 aliphatic carbocycles. The predicted molar refractivity (Wildman–Crippen MR) is 38.2 cm³/mol. The molecular formula is C8H7F4O. The van der Waals surface area contributed by atoms with E-state index in [4.69, 9.17) is 5.11 Å². The third kappa shape index (κ3) is 1.37. The first-order valence-corrected chi connectivity index (χ1v) is 3.49. The van der Waals surface area contributed by atoms with E-state index in [0.29, 0.717) is 0 Å². The van der Waals surface area contributed by atoms with Crippen LogP contribution < -0.4 is 0 Å². The van der Waals surface area contributed by atoms with Gasteiger partial charge in [0.15, 0.2) is 11.5 Å². The van der Waals surface area contributed by atoms with Crippen LogP contribution in [0.3, 0.4) is 0 Å². The quantitative estimate of drug-likeness (QED) is 0.635. The molecular weight excluding hydrogens is 188 g/mol. The van der Waals surface area contributed by atoms with Crippen molar-refractivity contribution in [2.24, 2.45) is 5.92 Å². The fourth-order valence-electron chi connectivity index (χ4n) is 1.02. The first-order valence-electron chi connectivity index (χ1n) is 3.49. The van der Waals surface area contributed by atoms with Gasteiger partial charge in [0.05, 0.1) is 12.5 Å². The molecule has 2 unspecified atom stereocenters. The monoisotopic (exact) mass is 195 g/mol. The van der Waals surface area contributed by atoms with Gasteiger partial charge in [0.25, 0.3) is 0 Å². The number of alkyl halides is 1. The van der Waals surface area contributed by atoms with Crippen LogP contribution in [0.15, 0.2) is 23.6 Å². The second-order valence-corrected chi connectivity index (χ2v) is 2.76. The van der Waals surface area contributed by atoms with Gasteiger partial charge in [-0.05, 0) is 6.92 Å². The summed E-state index contributed by atoms with van der Waals surface area (Å²) in [7, 11) is 0. The fraction of sp³-hybridized carbons (Fsp3) is 0.375. The van der Waals surface area contributed by atoms with Gasteiger partial charge in [-0.2, -0.15) is 0 Å². The molecule has 1 radical (unpaired) electrons. The lowest BCUT2D eigenvalue weighted by Crippen LogP contribution is -2.39. The molecule has 0 saturated heterocycles. The molecule has 0 aliphatic heterocycles. The zero-order chi connectivity index (χ0) is 10.2. The lowest BCUT2D eigenvalue weighted by molar-refractivity contribution is 0.0449. The van der Waals surface area contributed by atoms with E-state index in [0.717, 1.165) is 0 Å². The smallest absolute Gasteiger partial charge is 0.194 e. The van der Waals surface area contributed by atoms with Crippen LogP contribution in [-0.4, -0.2) is 17.4 Å². The van der Waals surface area contributed by atoms with E-state index in [1.165, 1.54) is 0 Å². The van der Waals surface area contributed by atoms with Crippen LogP contribution in [0.5, 0.6) is 0 Å². The van der Waals surface area contributed by atoms with Crippen molar-refractivity contribution >= 4 is 0 Å². The van der Waals surface area contributed by atoms with Crippen molar-refractivity contribution in [3.05, 3.63) is 30.5 Å². The second-order valence-electron chi connectivity index (χ2n) is 2.76. The Labute approximate surface area is 72.4 Å². The van der Waals surface area contributed by atoms with E-state index < -0.39 is 35.7 Å². The second kappa shape index (κ2) is 3.14. The summed E-state index contributed by atoms with van der Waals surface area (Å²) in [5.74, 6) is -6.41. The van der Waals surface area contributed by atoms with Gasteiger partial charge in [0.1, 0.15) is 11.7 Å². The molecule has 1 rings (SSSR count). The Bertz CT molecular complexity index is 284. The summed E-state index contributed by atoms with van der Waals surface area (Å²) in [6.07, 6.45) is 0.0766. The van der Waals surface area contributed by atoms with Crippen molar-refractivity contribution in [2.45, 2.75) is 5.67 Å². The molecule has 0 spiro atoms. The average Bonchev–Trinajstić information content (AvgIpc) is 2.11. The summed E-state index contributed by atoms with van der Waals surface area (Å²) in [5.41, 5.74) is -2.94. The van der Waals surface area contributed by atoms with E-state index in [-0.39, 0.29) is 6.08 Å². The van der Waals surface area contributed by atoms with Crippen molar-refractivity contribution in [3.8, 4) is 0 Å². The van der Waals surface area contributed by atoms with Gasteiger partial charge >= 0.3 is 0 Å². The standard InChI is InChI=1S/C8H7F4O/c1-4-7(11)5(9)2-6(10)8(4,12)3-13/h2,4,13H,1,3H2. The summed E-state index contributed by atoms with van der Waals surface area (Å²) in [4.78, 5) is 0. The van der Waals surface area contributed by atoms with E-state index in [1.807, 2.05) is 0 Å². The van der Waals surface area contributed by atoms with Gasteiger partial charge in [-0.15, -0.1) is 0 Å². The highest BCUT2D eigenvalue weighted by molar-refractivity contribution is 5.34. The van der Waals surface area contributed by atoms with Crippen molar-refractivity contribution in [1.82, 2.24) is 0 Å². The Hall–Kier alpha value is -0.840. The zero-order valence-electron chi connectivity index (χ0n) is 6.53. The largest absolute Gasteiger partial charge is 0.393 e. The number of halogens is 4. The van der Waals surface area contributed by atoms with Crippen LogP contribution in [-0.2, 0) is 0 Å². The van der Waals surface area contributed by atoms with Crippen LogP contribution in [0.25, 0.3) is 0 Å². The minimum atomic E-state index is -2.94. The van der Waals surface area contributed by atoms with Crippen LogP contribution in [0.4, 0.5) is 17.6 Å². The predicted octanol–water partition coefficient (Wildman–Crippen LogP) is 2.15. The van der Waals surface area contributed by atoms with Crippen LogP contribution in [0, 0.1) is 12.8 Å². The van der Waals surface area contributed by atoms with Crippen molar-refractivity contribution in [2.75, 3.05) is 6.61 Å². The van der Waals surface area contributed by atoms with Crippen LogP contribution in [0.1, 0.15) is 0 Å². The zero-order valence-corrected chi connectivity index (χ0v) is 6.53. The normalized spacial score (nSPS) is 34.9. The van der Waals surface area contributed by atoms with Gasteiger partial charge in [0, 0.05) is 6.08 Å². The van der Waals surface area contributed by atoms with E-state index >= 15 is 0 Å². The van der Waals surface area contributed by atoms with Crippen molar-refractivity contribution in [3.63, 3.8) is 0 Å². The minimum Gasteiger partial charge on any atom is -0.393 e. The number of hydrogen-bond donors (Lipinski definition) is 1. The molecule has 0 saturated carbocycles. The van der Waals surface area contributed by atoms with Gasteiger partial charge in [-0.25, -0.2) is 17.6 Å². The number of aliphatic hydroxyl groups excluding tert-OH is 1. The highest BCUT2D eigenvalue weighted by Gasteiger charge is 2.47. The molecule has 1 aliphatic rings. The Kier molecular flexibility index (Phi) is 2.47. The fourth-order valence-corrected chi connectivity index (χ4v) is 1.02. The molecule has 0 aromatic rings. The Morgan fingerprint density at radius 2 is 2.00 bits per heavy atom. The molecule has 1 N–H and O–H groups in total. The SMILES string of the molecule is [CH2]C1C(F)=C(F)C=C(F)C1(F)CO. The maximum Gasteiger partial charge on any atom is 0.194 e. The molecule has 2 atom stereocenters. The van der Waals surface area contributed by atoms with Crippen molar-refractivity contribution in [1.29, 1.82) is 0 Å². The molecule has 73 valence electrons. The van der Waals surface area contributed by atoms with E-state index in [2.05, 4.69) is 6.92 Å². The summed E-state index contributed by atoms with van der Waals surface area (Å²) in [6.45, 7) is 1.64. The van der Waals surface area contributed by atoms with Crippen LogP contribution >= 0.6 is 0 Å². The summed E-state index contributed by atoms with van der Waals surface area (Å²) < 4.78 is 51.2. The highest BCUT2D eigenvalue weighted by atomic mass is 19.2. The third-order valence-electron chi connectivity index (χ3n) is 1.97. The average molecular weight is 195 g/mol. The Balaban J connectivity index is 3.16. The van der Waals surface area contributed by atoms with E-state index in [9.17, 15) is 17.6 Å². The maximum atomic E-state index is 13.3. The Morgan fingerprint density at radius 1 is 1.46 bits per heavy atom. The van der Waals surface area contributed by atoms with Crippen LogP contribution in [0.2, 0.25) is 0 Å². The lowest BCUT2D eigenvalue weighted by atomic mass is 9.85. The summed E-state index contributed by atoms with van der Waals surface area (Å²) in [5, 5.41) is 8.49. The molecule has 0 aromatic carbocycles. The number of rotatable bonds is 1. The minimum absolute atomic E-state index is 0.0766. The summed E-state index contributed by atoms with van der Waals surface area (Å²) >= 11 is 0. The number of hydrogen-bond acceptors (Lipinski definition) is 1. The van der Waals surface area contributed by atoms with Gasteiger partial charge in [0.2, 0.25) is 0 Å². The van der Waals surface area contributed by atoms with Gasteiger partial charge < -0.3 is 5.11 Å². The highest BCUT2D eigenvalue weighted by Crippen LogP contribution is 2.41. The molecule has 0 aromatic heterocycles. The van der Waals surface area contributed by atoms with Gasteiger partial charge in [-0.3, -0.25) is 0 Å². The van der Waals surface area contributed by atoms with E-state index in [1.54, 1.807) is 0 Å². The molecule has 0 heterocycles. The first-order chi connectivity index (χ1) is 5.93. The maximum absolute atomic E-state index is 13.3. The number of allylic oxidation sites excluding steroid dienone is 3.